The number of hydrogen-bond acceptors (Lipinski definition) is 1. The smallest absolute Gasteiger partial charge is 0.125 e. The van der Waals surface area contributed by atoms with Crippen LogP contribution in [0, 0.1) is 5.82 Å². The van der Waals surface area contributed by atoms with Gasteiger partial charge in [-0.3, -0.25) is 0 Å². The highest BCUT2D eigenvalue weighted by molar-refractivity contribution is 5.45. The molecule has 0 aliphatic carbocycles. The molecule has 2 aromatic carbocycles. The van der Waals surface area contributed by atoms with Crippen molar-refractivity contribution >= 4 is 5.69 Å². The van der Waals surface area contributed by atoms with Crippen molar-refractivity contribution in [2.24, 2.45) is 0 Å². The van der Waals surface area contributed by atoms with Gasteiger partial charge in [-0.15, -0.1) is 0 Å². The lowest BCUT2D eigenvalue weighted by atomic mass is 10.1. The standard InChI is InChI=1S/C14H14FN/c1-11(12-6-3-2-4-7-12)16-14-9-5-8-13(15)10-14/h2-11,16H,1H3. The summed E-state index contributed by atoms with van der Waals surface area (Å²) in [5, 5.41) is 3.26. The largest absolute Gasteiger partial charge is 0.378 e. The van der Waals surface area contributed by atoms with Crippen LogP contribution in [-0.4, -0.2) is 0 Å². The summed E-state index contributed by atoms with van der Waals surface area (Å²) in [4.78, 5) is 0. The Hall–Kier alpha value is -1.83. The molecule has 1 nitrogen and oxygen atoms in total. The summed E-state index contributed by atoms with van der Waals surface area (Å²) >= 11 is 0. The number of hydrogen-bond donors (Lipinski definition) is 1. The molecule has 82 valence electrons. The topological polar surface area (TPSA) is 12.0 Å². The van der Waals surface area contributed by atoms with Crippen molar-refractivity contribution in [2.45, 2.75) is 13.0 Å². The van der Waals surface area contributed by atoms with E-state index < -0.39 is 0 Å². The van der Waals surface area contributed by atoms with Gasteiger partial charge in [0.15, 0.2) is 0 Å². The molecule has 0 saturated heterocycles. The van der Waals surface area contributed by atoms with Gasteiger partial charge in [-0.05, 0) is 30.7 Å². The summed E-state index contributed by atoms with van der Waals surface area (Å²) in [6.45, 7) is 2.06. The summed E-state index contributed by atoms with van der Waals surface area (Å²) in [5.74, 6) is -0.217. The molecule has 2 heteroatoms. The van der Waals surface area contributed by atoms with Crippen LogP contribution in [0.5, 0.6) is 0 Å². The first-order valence-electron chi connectivity index (χ1n) is 5.33. The Labute approximate surface area is 94.9 Å². The number of rotatable bonds is 3. The van der Waals surface area contributed by atoms with Crippen LogP contribution in [0.15, 0.2) is 54.6 Å². The van der Waals surface area contributed by atoms with Gasteiger partial charge in [0.2, 0.25) is 0 Å². The van der Waals surface area contributed by atoms with Gasteiger partial charge >= 0.3 is 0 Å². The minimum Gasteiger partial charge on any atom is -0.378 e. The molecule has 2 aromatic rings. The fourth-order valence-corrected chi connectivity index (χ4v) is 1.65. The van der Waals surface area contributed by atoms with E-state index >= 15 is 0 Å². The lowest BCUT2D eigenvalue weighted by Gasteiger charge is -2.15. The van der Waals surface area contributed by atoms with Crippen LogP contribution in [0.2, 0.25) is 0 Å². The molecule has 0 radical (unpaired) electrons. The molecule has 0 spiro atoms. The second kappa shape index (κ2) is 4.79. The quantitative estimate of drug-likeness (QED) is 0.816. The third kappa shape index (κ3) is 2.60. The second-order valence-electron chi connectivity index (χ2n) is 3.79. The predicted molar refractivity (Wildman–Crippen MR) is 64.9 cm³/mol. The molecular formula is C14H14FN. The van der Waals surface area contributed by atoms with E-state index in [1.54, 1.807) is 6.07 Å². The first-order valence-corrected chi connectivity index (χ1v) is 5.33. The minimum absolute atomic E-state index is 0.169. The number of halogens is 1. The van der Waals surface area contributed by atoms with E-state index in [2.05, 4.69) is 24.4 Å². The lowest BCUT2D eigenvalue weighted by Crippen LogP contribution is -2.06. The van der Waals surface area contributed by atoms with Crippen LogP contribution in [0.4, 0.5) is 10.1 Å². The SMILES string of the molecule is CC(Nc1cccc(F)c1)c1ccccc1. The van der Waals surface area contributed by atoms with Crippen LogP contribution >= 0.6 is 0 Å². The fourth-order valence-electron chi connectivity index (χ4n) is 1.65. The Morgan fingerprint density at radius 3 is 2.44 bits per heavy atom. The van der Waals surface area contributed by atoms with E-state index in [4.69, 9.17) is 0 Å². The third-order valence-electron chi connectivity index (χ3n) is 2.51. The Morgan fingerprint density at radius 2 is 1.75 bits per heavy atom. The Bertz CT molecular complexity index is 453. The maximum absolute atomic E-state index is 13.0. The molecule has 1 unspecified atom stereocenters. The van der Waals surface area contributed by atoms with Crippen molar-refractivity contribution in [3.8, 4) is 0 Å². The van der Waals surface area contributed by atoms with E-state index in [-0.39, 0.29) is 11.9 Å². The molecule has 1 N–H and O–H groups in total. The first-order chi connectivity index (χ1) is 7.75. The molecular weight excluding hydrogens is 201 g/mol. The highest BCUT2D eigenvalue weighted by Gasteiger charge is 2.04. The zero-order chi connectivity index (χ0) is 11.4. The molecule has 0 bridgehead atoms. The van der Waals surface area contributed by atoms with Gasteiger partial charge in [-0.1, -0.05) is 36.4 Å². The van der Waals surface area contributed by atoms with Crippen molar-refractivity contribution < 1.29 is 4.39 Å². The molecule has 2 rings (SSSR count). The number of benzene rings is 2. The third-order valence-corrected chi connectivity index (χ3v) is 2.51. The molecule has 16 heavy (non-hydrogen) atoms. The van der Waals surface area contributed by atoms with Gasteiger partial charge in [0.05, 0.1) is 0 Å². The van der Waals surface area contributed by atoms with Crippen LogP contribution < -0.4 is 5.32 Å². The summed E-state index contributed by atoms with van der Waals surface area (Å²) in [6, 6.07) is 16.8. The van der Waals surface area contributed by atoms with E-state index in [0.29, 0.717) is 0 Å². The monoisotopic (exact) mass is 215 g/mol. The minimum atomic E-state index is -0.217. The van der Waals surface area contributed by atoms with Gasteiger partial charge in [0.25, 0.3) is 0 Å². The van der Waals surface area contributed by atoms with Gasteiger partial charge in [0, 0.05) is 11.7 Å². The zero-order valence-corrected chi connectivity index (χ0v) is 9.15. The molecule has 0 heterocycles. The maximum Gasteiger partial charge on any atom is 0.125 e. The fraction of sp³-hybridized carbons (Fsp3) is 0.143. The van der Waals surface area contributed by atoms with Gasteiger partial charge < -0.3 is 5.32 Å². The maximum atomic E-state index is 13.0. The van der Waals surface area contributed by atoms with Crippen LogP contribution in [0.1, 0.15) is 18.5 Å². The second-order valence-corrected chi connectivity index (χ2v) is 3.79. The van der Waals surface area contributed by atoms with E-state index in [9.17, 15) is 4.39 Å². The first kappa shape index (κ1) is 10.7. The molecule has 0 aliphatic rings. The van der Waals surface area contributed by atoms with Crippen LogP contribution in [-0.2, 0) is 0 Å². The van der Waals surface area contributed by atoms with Gasteiger partial charge in [-0.25, -0.2) is 4.39 Å². The van der Waals surface area contributed by atoms with Crippen molar-refractivity contribution in [1.29, 1.82) is 0 Å². The lowest BCUT2D eigenvalue weighted by molar-refractivity contribution is 0.628. The van der Waals surface area contributed by atoms with Crippen molar-refractivity contribution in [3.63, 3.8) is 0 Å². The molecule has 0 aliphatic heterocycles. The highest BCUT2D eigenvalue weighted by Crippen LogP contribution is 2.19. The highest BCUT2D eigenvalue weighted by atomic mass is 19.1. The van der Waals surface area contributed by atoms with E-state index in [0.717, 1.165) is 5.69 Å². The average Bonchev–Trinajstić information content (AvgIpc) is 2.30. The van der Waals surface area contributed by atoms with Crippen molar-refractivity contribution in [3.05, 3.63) is 66.0 Å². The summed E-state index contributed by atoms with van der Waals surface area (Å²) in [6.07, 6.45) is 0. The Balaban J connectivity index is 2.11. The Morgan fingerprint density at radius 1 is 1.00 bits per heavy atom. The molecule has 0 fully saturated rings. The Kier molecular flexibility index (Phi) is 3.20. The zero-order valence-electron chi connectivity index (χ0n) is 9.15. The normalized spacial score (nSPS) is 12.1. The van der Waals surface area contributed by atoms with Crippen molar-refractivity contribution in [2.75, 3.05) is 5.32 Å². The molecule has 0 aromatic heterocycles. The van der Waals surface area contributed by atoms with E-state index in [1.807, 2.05) is 24.3 Å². The molecule has 0 amide bonds. The number of nitrogens with one attached hydrogen (secondary N) is 1. The molecule has 1 atom stereocenters. The van der Waals surface area contributed by atoms with Crippen molar-refractivity contribution in [1.82, 2.24) is 0 Å². The summed E-state index contributed by atoms with van der Waals surface area (Å²) < 4.78 is 13.0. The molecule has 0 saturated carbocycles. The van der Waals surface area contributed by atoms with Crippen LogP contribution in [0.25, 0.3) is 0 Å². The average molecular weight is 215 g/mol. The summed E-state index contributed by atoms with van der Waals surface area (Å²) in [7, 11) is 0. The summed E-state index contributed by atoms with van der Waals surface area (Å²) in [5.41, 5.74) is 1.99. The van der Waals surface area contributed by atoms with Gasteiger partial charge in [0.1, 0.15) is 5.82 Å². The number of anilines is 1. The van der Waals surface area contributed by atoms with Gasteiger partial charge in [-0.2, -0.15) is 0 Å². The van der Waals surface area contributed by atoms with E-state index in [1.165, 1.54) is 17.7 Å². The predicted octanol–water partition coefficient (Wildman–Crippen LogP) is 4.00. The van der Waals surface area contributed by atoms with Crippen LogP contribution in [0.3, 0.4) is 0 Å².